The zero-order valence-corrected chi connectivity index (χ0v) is 5.25. The predicted molar refractivity (Wildman–Crippen MR) is 33.2 cm³/mol. The zero-order chi connectivity index (χ0) is 6.62. The van der Waals surface area contributed by atoms with Gasteiger partial charge in [0.05, 0.1) is 25.4 Å². The maximum Gasteiger partial charge on any atom is 0.0856 e. The van der Waals surface area contributed by atoms with Crippen LogP contribution in [0.4, 0.5) is 0 Å². The fraction of sp³-hybridized carbons (Fsp3) is 1.00. The molecular formula is C4H14N2O3. The van der Waals surface area contributed by atoms with Crippen molar-refractivity contribution < 1.29 is 15.3 Å². The van der Waals surface area contributed by atoms with Crippen LogP contribution >= 0.6 is 0 Å². The van der Waals surface area contributed by atoms with Gasteiger partial charge in [-0.1, -0.05) is 0 Å². The smallest absolute Gasteiger partial charge is 0.0856 e. The molecule has 5 nitrogen and oxygen atoms in total. The molecule has 0 saturated heterocycles. The lowest BCUT2D eigenvalue weighted by atomic mass is 10.1. The van der Waals surface area contributed by atoms with Crippen LogP contribution in [0.2, 0.25) is 0 Å². The molecule has 0 bridgehead atoms. The van der Waals surface area contributed by atoms with Gasteiger partial charge >= 0.3 is 0 Å². The van der Waals surface area contributed by atoms with Crippen molar-refractivity contribution in [2.75, 3.05) is 19.8 Å². The van der Waals surface area contributed by atoms with Crippen molar-refractivity contribution in [3.8, 4) is 0 Å². The van der Waals surface area contributed by atoms with Gasteiger partial charge in [0.2, 0.25) is 0 Å². The average Bonchev–Trinajstić information content (AvgIpc) is 1.87. The lowest BCUT2D eigenvalue weighted by molar-refractivity contribution is 0.0698. The molecule has 0 saturated carbocycles. The summed E-state index contributed by atoms with van der Waals surface area (Å²) in [7, 11) is 0. The summed E-state index contributed by atoms with van der Waals surface area (Å²) in [5, 5.41) is 25.0. The van der Waals surface area contributed by atoms with E-state index in [1.165, 1.54) is 0 Å². The second kappa shape index (κ2) is 4.66. The van der Waals surface area contributed by atoms with Gasteiger partial charge in [-0.2, -0.15) is 0 Å². The molecule has 0 amide bonds. The van der Waals surface area contributed by atoms with E-state index in [4.69, 9.17) is 21.1 Å². The summed E-state index contributed by atoms with van der Waals surface area (Å²) in [6.07, 6.45) is 0. The van der Waals surface area contributed by atoms with Crippen molar-refractivity contribution in [1.29, 1.82) is 0 Å². The third kappa shape index (κ3) is 3.39. The molecule has 0 aromatic heterocycles. The Kier molecular flexibility index (Phi) is 5.99. The van der Waals surface area contributed by atoms with Crippen LogP contribution in [-0.4, -0.2) is 40.7 Å². The van der Waals surface area contributed by atoms with Gasteiger partial charge in [-0.3, -0.25) is 0 Å². The van der Waals surface area contributed by atoms with Crippen molar-refractivity contribution in [2.45, 2.75) is 5.54 Å². The maximum atomic E-state index is 8.34. The van der Waals surface area contributed by atoms with Crippen LogP contribution in [0, 0.1) is 0 Å². The van der Waals surface area contributed by atoms with Gasteiger partial charge in [0.1, 0.15) is 0 Å². The summed E-state index contributed by atoms with van der Waals surface area (Å²) < 4.78 is 0. The molecule has 0 aliphatic rings. The normalized spacial score (nSPS) is 10.7. The molecule has 0 spiro atoms. The number of hydrogen-bond acceptors (Lipinski definition) is 5. The van der Waals surface area contributed by atoms with Crippen LogP contribution in [0.5, 0.6) is 0 Å². The molecular weight excluding hydrogens is 124 g/mol. The Hall–Kier alpha value is -0.200. The first-order valence-electron chi connectivity index (χ1n) is 2.30. The lowest BCUT2D eigenvalue weighted by Crippen LogP contribution is -2.50. The predicted octanol–water partition coefficient (Wildman–Crippen LogP) is -2.18. The first kappa shape index (κ1) is 11.6. The highest BCUT2D eigenvalue weighted by Gasteiger charge is 2.20. The molecule has 0 unspecified atom stereocenters. The molecule has 0 aliphatic carbocycles. The molecule has 8 N–H and O–H groups in total. The van der Waals surface area contributed by atoms with Gasteiger partial charge in [0, 0.05) is 0 Å². The van der Waals surface area contributed by atoms with Gasteiger partial charge in [-0.05, 0) is 0 Å². The van der Waals surface area contributed by atoms with Gasteiger partial charge in [0.25, 0.3) is 0 Å². The number of rotatable bonds is 3. The van der Waals surface area contributed by atoms with Crippen molar-refractivity contribution in [2.24, 2.45) is 5.73 Å². The second-order valence-electron chi connectivity index (χ2n) is 1.84. The Morgan fingerprint density at radius 3 is 1.22 bits per heavy atom. The van der Waals surface area contributed by atoms with E-state index >= 15 is 0 Å². The summed E-state index contributed by atoms with van der Waals surface area (Å²) in [6, 6.07) is 0. The Labute approximate surface area is 53.7 Å². The standard InChI is InChI=1S/C4H11NO3.H3N/c5-4(1-6,2-7)3-8;/h6-8H,1-3,5H2;1H3. The molecule has 0 heterocycles. The van der Waals surface area contributed by atoms with Crippen LogP contribution in [0.1, 0.15) is 0 Å². The molecule has 58 valence electrons. The Morgan fingerprint density at radius 2 is 1.22 bits per heavy atom. The summed E-state index contributed by atoms with van der Waals surface area (Å²) in [5.41, 5.74) is 3.94. The first-order chi connectivity index (χ1) is 3.68. The van der Waals surface area contributed by atoms with Crippen molar-refractivity contribution in [3.05, 3.63) is 0 Å². The van der Waals surface area contributed by atoms with E-state index in [2.05, 4.69) is 0 Å². The SMILES string of the molecule is N.NC(CO)(CO)CO. The zero-order valence-electron chi connectivity index (χ0n) is 5.25. The lowest BCUT2D eigenvalue weighted by Gasteiger charge is -2.20. The minimum Gasteiger partial charge on any atom is -0.394 e. The van der Waals surface area contributed by atoms with Crippen molar-refractivity contribution >= 4 is 0 Å². The van der Waals surface area contributed by atoms with Crippen molar-refractivity contribution in [1.82, 2.24) is 6.15 Å². The van der Waals surface area contributed by atoms with Gasteiger partial charge in [-0.25, -0.2) is 0 Å². The fourth-order valence-electron chi connectivity index (χ4n) is 0.150. The molecule has 0 fully saturated rings. The number of aliphatic hydroxyl groups is 3. The van der Waals surface area contributed by atoms with E-state index in [0.29, 0.717) is 0 Å². The van der Waals surface area contributed by atoms with Crippen LogP contribution < -0.4 is 11.9 Å². The van der Waals surface area contributed by atoms with E-state index < -0.39 is 25.4 Å². The topological polar surface area (TPSA) is 122 Å². The van der Waals surface area contributed by atoms with Gasteiger partial charge in [-0.15, -0.1) is 0 Å². The molecule has 5 heteroatoms. The minimum atomic E-state index is -1.21. The quantitative estimate of drug-likeness (QED) is 0.303. The largest absolute Gasteiger partial charge is 0.394 e. The van der Waals surface area contributed by atoms with E-state index in [0.717, 1.165) is 0 Å². The highest BCUT2D eigenvalue weighted by atomic mass is 16.3. The molecule has 9 heavy (non-hydrogen) atoms. The summed E-state index contributed by atoms with van der Waals surface area (Å²) >= 11 is 0. The molecule has 0 atom stereocenters. The third-order valence-corrected chi connectivity index (χ3v) is 0.945. The molecule has 0 aromatic carbocycles. The minimum absolute atomic E-state index is 0. The molecule has 0 aliphatic heterocycles. The highest BCUT2D eigenvalue weighted by Crippen LogP contribution is 1.93. The van der Waals surface area contributed by atoms with Gasteiger partial charge in [0.15, 0.2) is 0 Å². The number of nitrogens with two attached hydrogens (primary N) is 1. The van der Waals surface area contributed by atoms with E-state index in [9.17, 15) is 0 Å². The molecule has 0 rings (SSSR count). The Bertz CT molecular complexity index is 56.6. The van der Waals surface area contributed by atoms with Crippen molar-refractivity contribution in [3.63, 3.8) is 0 Å². The van der Waals surface area contributed by atoms with E-state index in [-0.39, 0.29) is 6.15 Å². The van der Waals surface area contributed by atoms with E-state index in [1.54, 1.807) is 0 Å². The maximum absolute atomic E-state index is 8.34. The highest BCUT2D eigenvalue weighted by molar-refractivity contribution is 4.80. The summed E-state index contributed by atoms with van der Waals surface area (Å²) in [6.45, 7) is -1.21. The van der Waals surface area contributed by atoms with Gasteiger partial charge < -0.3 is 27.2 Å². The summed E-state index contributed by atoms with van der Waals surface area (Å²) in [5.74, 6) is 0. The average molecular weight is 138 g/mol. The Morgan fingerprint density at radius 1 is 1.00 bits per heavy atom. The van der Waals surface area contributed by atoms with Crippen LogP contribution in [0.15, 0.2) is 0 Å². The number of aliphatic hydroxyl groups excluding tert-OH is 3. The first-order valence-corrected chi connectivity index (χ1v) is 2.30. The van der Waals surface area contributed by atoms with Crippen LogP contribution in [-0.2, 0) is 0 Å². The summed E-state index contributed by atoms with van der Waals surface area (Å²) in [4.78, 5) is 0. The number of hydrogen-bond donors (Lipinski definition) is 5. The second-order valence-corrected chi connectivity index (χ2v) is 1.84. The van der Waals surface area contributed by atoms with E-state index in [1.807, 2.05) is 0 Å². The Balaban J connectivity index is 0. The molecule has 0 radical (unpaired) electrons. The monoisotopic (exact) mass is 138 g/mol. The van der Waals surface area contributed by atoms with Crippen LogP contribution in [0.3, 0.4) is 0 Å². The molecule has 0 aromatic rings. The van der Waals surface area contributed by atoms with Crippen LogP contribution in [0.25, 0.3) is 0 Å². The fourth-order valence-corrected chi connectivity index (χ4v) is 0.150. The third-order valence-electron chi connectivity index (χ3n) is 0.945.